The zero-order valence-corrected chi connectivity index (χ0v) is 14.0. The van der Waals surface area contributed by atoms with Gasteiger partial charge in [0.2, 0.25) is 0 Å². The van der Waals surface area contributed by atoms with Crippen molar-refractivity contribution in [1.82, 2.24) is 15.5 Å². The van der Waals surface area contributed by atoms with Crippen LogP contribution in [0.5, 0.6) is 5.75 Å². The zero-order valence-electron chi connectivity index (χ0n) is 12.4. The van der Waals surface area contributed by atoms with E-state index in [0.717, 1.165) is 28.8 Å². The summed E-state index contributed by atoms with van der Waals surface area (Å²) >= 11 is 3.33. The van der Waals surface area contributed by atoms with Gasteiger partial charge in [0, 0.05) is 11.8 Å². The molecule has 1 aromatic heterocycles. The van der Waals surface area contributed by atoms with Gasteiger partial charge in [-0.05, 0) is 37.6 Å². The quantitative estimate of drug-likeness (QED) is 0.712. The third-order valence-electron chi connectivity index (χ3n) is 2.95. The number of hydrogen-bond donors (Lipinski definition) is 1. The van der Waals surface area contributed by atoms with Crippen molar-refractivity contribution in [2.75, 3.05) is 18.9 Å². The monoisotopic (exact) mass is 323 g/mol. The second-order valence-corrected chi connectivity index (χ2v) is 6.62. The standard InChI is InChI=1S/C15H21N3OS2/c1-3-9-16-14(10-20-15-18-17-11-21-15)12-5-7-13(8-6-12)19-4-2/h5-8,11,14,16H,3-4,9-10H2,1-2H3. The Hall–Kier alpha value is -1.11. The van der Waals surface area contributed by atoms with Gasteiger partial charge in [-0.15, -0.1) is 10.2 Å². The average molecular weight is 323 g/mol. The van der Waals surface area contributed by atoms with Gasteiger partial charge in [0.05, 0.1) is 6.61 Å². The molecule has 1 heterocycles. The second-order valence-electron chi connectivity index (χ2n) is 4.52. The number of ether oxygens (including phenoxy) is 1. The SMILES string of the molecule is CCCNC(CSc1nncs1)c1ccc(OCC)cc1. The topological polar surface area (TPSA) is 47.0 Å². The van der Waals surface area contributed by atoms with Gasteiger partial charge in [-0.3, -0.25) is 0 Å². The molecule has 0 bridgehead atoms. The average Bonchev–Trinajstić information content (AvgIpc) is 3.02. The first kappa shape index (κ1) is 16.3. The summed E-state index contributed by atoms with van der Waals surface area (Å²) in [5.74, 6) is 1.87. The van der Waals surface area contributed by atoms with Crippen molar-refractivity contribution in [3.63, 3.8) is 0 Å². The van der Waals surface area contributed by atoms with Crippen molar-refractivity contribution < 1.29 is 4.74 Å². The molecular weight excluding hydrogens is 302 g/mol. The molecule has 1 N–H and O–H groups in total. The first-order chi connectivity index (χ1) is 10.3. The highest BCUT2D eigenvalue weighted by molar-refractivity contribution is 8.01. The van der Waals surface area contributed by atoms with Crippen LogP contribution < -0.4 is 10.1 Å². The summed E-state index contributed by atoms with van der Waals surface area (Å²) in [5.41, 5.74) is 3.05. The van der Waals surface area contributed by atoms with Crippen molar-refractivity contribution in [3.8, 4) is 5.75 Å². The van der Waals surface area contributed by atoms with Crippen molar-refractivity contribution in [2.45, 2.75) is 30.6 Å². The van der Waals surface area contributed by atoms with E-state index in [9.17, 15) is 0 Å². The number of nitrogens with zero attached hydrogens (tertiary/aromatic N) is 2. The molecule has 2 aromatic rings. The summed E-state index contributed by atoms with van der Waals surface area (Å²) in [6.07, 6.45) is 1.12. The molecule has 0 aliphatic rings. The number of rotatable bonds is 9. The summed E-state index contributed by atoms with van der Waals surface area (Å²) in [5, 5.41) is 11.6. The smallest absolute Gasteiger partial charge is 0.174 e. The fourth-order valence-corrected chi connectivity index (χ4v) is 3.54. The van der Waals surface area contributed by atoms with Gasteiger partial charge in [-0.1, -0.05) is 42.2 Å². The molecule has 0 fully saturated rings. The van der Waals surface area contributed by atoms with E-state index in [1.807, 2.05) is 19.1 Å². The van der Waals surface area contributed by atoms with E-state index in [2.05, 4.69) is 34.6 Å². The fraction of sp³-hybridized carbons (Fsp3) is 0.467. The van der Waals surface area contributed by atoms with E-state index < -0.39 is 0 Å². The van der Waals surface area contributed by atoms with Crippen LogP contribution in [0.1, 0.15) is 31.9 Å². The lowest BCUT2D eigenvalue weighted by Crippen LogP contribution is -2.24. The molecule has 0 amide bonds. The summed E-state index contributed by atoms with van der Waals surface area (Å²) in [4.78, 5) is 0. The molecule has 0 spiro atoms. The molecule has 0 saturated carbocycles. The highest BCUT2D eigenvalue weighted by Crippen LogP contribution is 2.26. The normalized spacial score (nSPS) is 12.3. The molecule has 4 nitrogen and oxygen atoms in total. The predicted octanol–water partition coefficient (Wildman–Crippen LogP) is 3.77. The number of thioether (sulfide) groups is 1. The molecular formula is C15H21N3OS2. The minimum Gasteiger partial charge on any atom is -0.494 e. The second kappa shape index (κ2) is 9.02. The molecule has 0 radical (unpaired) electrons. The third-order valence-corrected chi connectivity index (χ3v) is 4.90. The minimum absolute atomic E-state index is 0.314. The third kappa shape index (κ3) is 5.30. The van der Waals surface area contributed by atoms with Crippen molar-refractivity contribution in [1.29, 1.82) is 0 Å². The van der Waals surface area contributed by atoms with Crippen LogP contribution in [-0.2, 0) is 0 Å². The molecule has 114 valence electrons. The maximum atomic E-state index is 5.50. The van der Waals surface area contributed by atoms with Crippen LogP contribution in [0.4, 0.5) is 0 Å². The van der Waals surface area contributed by atoms with Gasteiger partial charge < -0.3 is 10.1 Å². The Bertz CT molecular complexity index is 502. The first-order valence-electron chi connectivity index (χ1n) is 7.18. The van der Waals surface area contributed by atoms with Gasteiger partial charge in [0.1, 0.15) is 11.3 Å². The van der Waals surface area contributed by atoms with Gasteiger partial charge in [0.15, 0.2) is 4.34 Å². The van der Waals surface area contributed by atoms with E-state index in [1.165, 1.54) is 5.56 Å². The van der Waals surface area contributed by atoms with E-state index in [1.54, 1.807) is 28.6 Å². The highest BCUT2D eigenvalue weighted by Gasteiger charge is 2.12. The van der Waals surface area contributed by atoms with Crippen LogP contribution >= 0.6 is 23.1 Å². The summed E-state index contributed by atoms with van der Waals surface area (Å²) in [6, 6.07) is 8.66. The van der Waals surface area contributed by atoms with Crippen molar-refractivity contribution in [3.05, 3.63) is 35.3 Å². The predicted molar refractivity (Wildman–Crippen MR) is 89.3 cm³/mol. The summed E-state index contributed by atoms with van der Waals surface area (Å²) in [6.45, 7) is 5.89. The van der Waals surface area contributed by atoms with Gasteiger partial charge >= 0.3 is 0 Å². The molecule has 1 unspecified atom stereocenters. The Morgan fingerprint density at radius 2 is 2.10 bits per heavy atom. The lowest BCUT2D eigenvalue weighted by Gasteiger charge is -2.18. The number of aromatic nitrogens is 2. The van der Waals surface area contributed by atoms with Crippen LogP contribution in [0.3, 0.4) is 0 Å². The lowest BCUT2D eigenvalue weighted by atomic mass is 10.1. The van der Waals surface area contributed by atoms with Crippen LogP contribution in [0.25, 0.3) is 0 Å². The number of benzene rings is 1. The minimum atomic E-state index is 0.314. The van der Waals surface area contributed by atoms with Gasteiger partial charge in [0.25, 0.3) is 0 Å². The largest absolute Gasteiger partial charge is 0.494 e. The molecule has 6 heteroatoms. The Labute approximate surface area is 134 Å². The van der Waals surface area contributed by atoms with Crippen LogP contribution in [-0.4, -0.2) is 29.1 Å². The Kier molecular flexibility index (Phi) is 6.99. The molecule has 0 aliphatic heterocycles. The maximum absolute atomic E-state index is 5.50. The molecule has 1 aromatic carbocycles. The van der Waals surface area contributed by atoms with Crippen LogP contribution in [0, 0.1) is 0 Å². The Morgan fingerprint density at radius 3 is 2.71 bits per heavy atom. The van der Waals surface area contributed by atoms with E-state index >= 15 is 0 Å². The van der Waals surface area contributed by atoms with Crippen LogP contribution in [0.15, 0.2) is 34.1 Å². The zero-order chi connectivity index (χ0) is 14.9. The van der Waals surface area contributed by atoms with Crippen LogP contribution in [0.2, 0.25) is 0 Å². The Morgan fingerprint density at radius 1 is 1.29 bits per heavy atom. The van der Waals surface area contributed by atoms with Gasteiger partial charge in [-0.25, -0.2) is 0 Å². The van der Waals surface area contributed by atoms with Gasteiger partial charge in [-0.2, -0.15) is 0 Å². The molecule has 0 aliphatic carbocycles. The lowest BCUT2D eigenvalue weighted by molar-refractivity contribution is 0.340. The number of nitrogens with one attached hydrogen (secondary N) is 1. The van der Waals surface area contributed by atoms with Crippen molar-refractivity contribution in [2.24, 2.45) is 0 Å². The summed E-state index contributed by atoms with van der Waals surface area (Å²) < 4.78 is 6.52. The Balaban J connectivity index is 1.99. The molecule has 21 heavy (non-hydrogen) atoms. The molecule has 1 atom stereocenters. The maximum Gasteiger partial charge on any atom is 0.174 e. The fourth-order valence-electron chi connectivity index (χ4n) is 1.94. The van der Waals surface area contributed by atoms with E-state index in [4.69, 9.17) is 4.74 Å². The number of hydrogen-bond acceptors (Lipinski definition) is 6. The van der Waals surface area contributed by atoms with E-state index in [0.29, 0.717) is 12.6 Å². The van der Waals surface area contributed by atoms with E-state index in [-0.39, 0.29) is 0 Å². The highest BCUT2D eigenvalue weighted by atomic mass is 32.2. The molecule has 2 rings (SSSR count). The summed E-state index contributed by atoms with van der Waals surface area (Å²) in [7, 11) is 0. The molecule has 0 saturated heterocycles. The first-order valence-corrected chi connectivity index (χ1v) is 9.05. The van der Waals surface area contributed by atoms with Crippen molar-refractivity contribution >= 4 is 23.1 Å².